The van der Waals surface area contributed by atoms with E-state index < -0.39 is 6.43 Å². The minimum absolute atomic E-state index is 0.0116. The van der Waals surface area contributed by atoms with Crippen LogP contribution in [0, 0.1) is 5.41 Å². The molecule has 0 spiro atoms. The minimum atomic E-state index is -2.35. The van der Waals surface area contributed by atoms with E-state index in [1.54, 1.807) is 4.90 Å². The van der Waals surface area contributed by atoms with Crippen molar-refractivity contribution in [1.29, 1.82) is 0 Å². The standard InChI is InChI=1S/C12H24F2N2O/c13-11(14)8-16(6-7-17)10-12(9-15)4-2-1-3-5-12/h11,17H,1-10,15H2. The first-order chi connectivity index (χ1) is 8.12. The van der Waals surface area contributed by atoms with Crippen LogP contribution in [-0.2, 0) is 0 Å². The van der Waals surface area contributed by atoms with Gasteiger partial charge in [-0.1, -0.05) is 19.3 Å². The second-order valence-corrected chi connectivity index (χ2v) is 5.11. The molecule has 0 radical (unpaired) electrons. The van der Waals surface area contributed by atoms with E-state index in [4.69, 9.17) is 10.8 Å². The van der Waals surface area contributed by atoms with E-state index in [-0.39, 0.29) is 18.6 Å². The Hall–Kier alpha value is -0.260. The summed E-state index contributed by atoms with van der Waals surface area (Å²) in [5, 5.41) is 8.92. The predicted molar refractivity (Wildman–Crippen MR) is 64.1 cm³/mol. The molecular weight excluding hydrogens is 226 g/mol. The van der Waals surface area contributed by atoms with Gasteiger partial charge in [0.1, 0.15) is 0 Å². The second-order valence-electron chi connectivity index (χ2n) is 5.11. The lowest BCUT2D eigenvalue weighted by Gasteiger charge is -2.40. The summed E-state index contributed by atoms with van der Waals surface area (Å²) < 4.78 is 24.9. The molecule has 3 N–H and O–H groups in total. The molecule has 3 nitrogen and oxygen atoms in total. The van der Waals surface area contributed by atoms with Crippen molar-refractivity contribution in [3.05, 3.63) is 0 Å². The number of halogens is 2. The van der Waals surface area contributed by atoms with Crippen molar-refractivity contribution in [3.8, 4) is 0 Å². The Balaban J connectivity index is 2.55. The highest BCUT2D eigenvalue weighted by Gasteiger charge is 2.33. The predicted octanol–water partition coefficient (Wildman–Crippen LogP) is 1.45. The van der Waals surface area contributed by atoms with Gasteiger partial charge in [0.2, 0.25) is 0 Å². The maximum absolute atomic E-state index is 12.4. The lowest BCUT2D eigenvalue weighted by Crippen LogP contribution is -2.46. The number of rotatable bonds is 7. The van der Waals surface area contributed by atoms with Gasteiger partial charge < -0.3 is 10.8 Å². The van der Waals surface area contributed by atoms with Crippen LogP contribution in [-0.4, -0.2) is 49.2 Å². The first-order valence-corrected chi connectivity index (χ1v) is 6.43. The third-order valence-corrected chi connectivity index (χ3v) is 3.72. The molecule has 0 amide bonds. The highest BCUT2D eigenvalue weighted by atomic mass is 19.3. The molecule has 0 atom stereocenters. The molecule has 17 heavy (non-hydrogen) atoms. The van der Waals surface area contributed by atoms with Crippen LogP contribution in [0.5, 0.6) is 0 Å². The van der Waals surface area contributed by atoms with Crippen LogP contribution in [0.15, 0.2) is 0 Å². The molecule has 0 saturated heterocycles. The third kappa shape index (κ3) is 4.85. The summed E-state index contributed by atoms with van der Waals surface area (Å²) in [6, 6.07) is 0. The molecule has 0 aromatic rings. The monoisotopic (exact) mass is 250 g/mol. The van der Waals surface area contributed by atoms with Crippen molar-refractivity contribution >= 4 is 0 Å². The molecule has 0 aliphatic heterocycles. The number of nitrogens with zero attached hydrogens (tertiary/aromatic N) is 1. The third-order valence-electron chi connectivity index (χ3n) is 3.72. The zero-order chi connectivity index (χ0) is 12.7. The van der Waals surface area contributed by atoms with Crippen molar-refractivity contribution in [2.45, 2.75) is 38.5 Å². The first kappa shape index (κ1) is 14.8. The SMILES string of the molecule is NCC1(CN(CCO)CC(F)F)CCCCC1. The molecule has 0 aromatic heterocycles. The molecule has 1 aliphatic carbocycles. The fraction of sp³-hybridized carbons (Fsp3) is 1.00. The Kier molecular flexibility index (Phi) is 6.30. The summed E-state index contributed by atoms with van der Waals surface area (Å²) in [5.74, 6) is 0. The van der Waals surface area contributed by atoms with Gasteiger partial charge in [0, 0.05) is 13.1 Å². The molecule has 0 bridgehead atoms. The Bertz CT molecular complexity index is 209. The molecular formula is C12H24F2N2O. The normalized spacial score (nSPS) is 20.1. The summed E-state index contributed by atoms with van der Waals surface area (Å²) >= 11 is 0. The van der Waals surface area contributed by atoms with E-state index in [1.807, 2.05) is 0 Å². The van der Waals surface area contributed by atoms with Gasteiger partial charge in [0.25, 0.3) is 6.43 Å². The van der Waals surface area contributed by atoms with Crippen LogP contribution in [0.3, 0.4) is 0 Å². The summed E-state index contributed by atoms with van der Waals surface area (Å²) in [6.45, 7) is 1.12. The van der Waals surface area contributed by atoms with E-state index in [0.29, 0.717) is 19.6 Å². The summed E-state index contributed by atoms with van der Waals surface area (Å²) in [6.07, 6.45) is 3.19. The molecule has 0 aromatic carbocycles. The zero-order valence-electron chi connectivity index (χ0n) is 10.4. The minimum Gasteiger partial charge on any atom is -0.395 e. The average Bonchev–Trinajstić information content (AvgIpc) is 2.29. The van der Waals surface area contributed by atoms with Crippen LogP contribution in [0.1, 0.15) is 32.1 Å². The van der Waals surface area contributed by atoms with E-state index >= 15 is 0 Å². The number of nitrogens with two attached hydrogens (primary N) is 1. The van der Waals surface area contributed by atoms with Crippen molar-refractivity contribution in [2.75, 3.05) is 32.8 Å². The Morgan fingerprint density at radius 1 is 1.24 bits per heavy atom. The number of hydrogen-bond acceptors (Lipinski definition) is 3. The molecule has 0 unspecified atom stereocenters. The molecule has 5 heteroatoms. The van der Waals surface area contributed by atoms with E-state index in [0.717, 1.165) is 25.7 Å². The highest BCUT2D eigenvalue weighted by molar-refractivity contribution is 4.87. The maximum Gasteiger partial charge on any atom is 0.251 e. The lowest BCUT2D eigenvalue weighted by molar-refractivity contribution is 0.0406. The second kappa shape index (κ2) is 7.24. The average molecular weight is 250 g/mol. The topological polar surface area (TPSA) is 49.5 Å². The Morgan fingerprint density at radius 2 is 1.88 bits per heavy atom. The van der Waals surface area contributed by atoms with Crippen molar-refractivity contribution in [1.82, 2.24) is 4.90 Å². The van der Waals surface area contributed by atoms with Gasteiger partial charge in [-0.3, -0.25) is 4.90 Å². The van der Waals surface area contributed by atoms with Gasteiger partial charge in [-0.15, -0.1) is 0 Å². The Labute approximate surface area is 102 Å². The summed E-state index contributed by atoms with van der Waals surface area (Å²) in [5.41, 5.74) is 5.83. The van der Waals surface area contributed by atoms with Crippen LogP contribution in [0.25, 0.3) is 0 Å². The van der Waals surface area contributed by atoms with Crippen LogP contribution < -0.4 is 5.73 Å². The molecule has 1 aliphatic rings. The first-order valence-electron chi connectivity index (χ1n) is 6.43. The van der Waals surface area contributed by atoms with E-state index in [9.17, 15) is 8.78 Å². The fourth-order valence-corrected chi connectivity index (χ4v) is 2.77. The number of hydrogen-bond donors (Lipinski definition) is 2. The molecule has 102 valence electrons. The van der Waals surface area contributed by atoms with Crippen LogP contribution >= 0.6 is 0 Å². The number of alkyl halides is 2. The lowest BCUT2D eigenvalue weighted by atomic mass is 9.73. The largest absolute Gasteiger partial charge is 0.395 e. The maximum atomic E-state index is 12.4. The van der Waals surface area contributed by atoms with Gasteiger partial charge in [-0.2, -0.15) is 0 Å². The smallest absolute Gasteiger partial charge is 0.251 e. The zero-order valence-corrected chi connectivity index (χ0v) is 10.4. The molecule has 1 rings (SSSR count). The fourth-order valence-electron chi connectivity index (χ4n) is 2.77. The summed E-state index contributed by atoms with van der Waals surface area (Å²) in [4.78, 5) is 1.66. The van der Waals surface area contributed by atoms with Gasteiger partial charge in [-0.25, -0.2) is 8.78 Å². The van der Waals surface area contributed by atoms with Gasteiger partial charge in [-0.05, 0) is 24.8 Å². The number of aliphatic hydroxyl groups excluding tert-OH is 1. The highest BCUT2D eigenvalue weighted by Crippen LogP contribution is 2.36. The Morgan fingerprint density at radius 3 is 2.35 bits per heavy atom. The van der Waals surface area contributed by atoms with Crippen LogP contribution in [0.2, 0.25) is 0 Å². The van der Waals surface area contributed by atoms with Gasteiger partial charge in [0.05, 0.1) is 13.2 Å². The van der Waals surface area contributed by atoms with Crippen LogP contribution in [0.4, 0.5) is 8.78 Å². The molecule has 0 heterocycles. The number of aliphatic hydroxyl groups is 1. The summed E-state index contributed by atoms with van der Waals surface area (Å²) in [7, 11) is 0. The molecule has 1 saturated carbocycles. The quantitative estimate of drug-likeness (QED) is 0.719. The molecule has 1 fully saturated rings. The van der Waals surface area contributed by atoms with Gasteiger partial charge in [0.15, 0.2) is 0 Å². The van der Waals surface area contributed by atoms with Gasteiger partial charge >= 0.3 is 0 Å². The van der Waals surface area contributed by atoms with Crippen molar-refractivity contribution in [2.24, 2.45) is 11.1 Å². The van der Waals surface area contributed by atoms with E-state index in [2.05, 4.69) is 0 Å². The van der Waals surface area contributed by atoms with Crippen molar-refractivity contribution in [3.63, 3.8) is 0 Å². The van der Waals surface area contributed by atoms with Crippen molar-refractivity contribution < 1.29 is 13.9 Å². The van der Waals surface area contributed by atoms with E-state index in [1.165, 1.54) is 6.42 Å².